The number of hydrogen-bond donors (Lipinski definition) is 0. The minimum atomic E-state index is 0.166. The molecule has 29 rings (SSSR count). The Morgan fingerprint density at radius 1 is 0.162 bits per heavy atom. The van der Waals surface area contributed by atoms with E-state index in [1.165, 1.54) is 153 Å². The van der Waals surface area contributed by atoms with Gasteiger partial charge in [-0.25, -0.2) is 29.9 Å². The molecule has 0 radical (unpaired) electrons. The van der Waals surface area contributed by atoms with Crippen molar-refractivity contribution < 1.29 is 0 Å². The fraction of sp³-hybridized carbons (Fsp3) is 0. The van der Waals surface area contributed by atoms with Crippen LogP contribution in [0.2, 0.25) is 0 Å². The van der Waals surface area contributed by atoms with E-state index in [1.54, 1.807) is 11.3 Å². The second-order valence-electron chi connectivity index (χ2n) is 35.6. The zero-order chi connectivity index (χ0) is 93.7. The van der Waals surface area contributed by atoms with E-state index in [4.69, 9.17) is 44.9 Å². The van der Waals surface area contributed by atoms with Gasteiger partial charge in [0.15, 0.2) is 34.9 Å². The first-order valence-corrected chi connectivity index (χ1v) is 50.9. The van der Waals surface area contributed by atoms with E-state index in [-0.39, 0.29) is 14.5 Å². The monoisotopic (exact) mass is 1910 g/mol. The van der Waals surface area contributed by atoms with Crippen molar-refractivity contribution >= 4 is 183 Å². The molecule has 13 heteroatoms. The summed E-state index contributed by atoms with van der Waals surface area (Å²) < 4.78 is 9.80. The fourth-order valence-corrected chi connectivity index (χ4v) is 25.7. The van der Waals surface area contributed by atoms with Crippen molar-refractivity contribution in [3.05, 3.63) is 473 Å². The molecule has 10 nitrogen and oxygen atoms in total. The molecule has 662 valence electrons. The van der Waals surface area contributed by atoms with E-state index in [0.29, 0.717) is 52.5 Å². The smallest absolute Gasteiger partial charge is 0.208 e. The zero-order valence-corrected chi connectivity index (χ0v) is 79.6. The van der Waals surface area contributed by atoms with Gasteiger partial charge < -0.3 is 0 Å². The van der Waals surface area contributed by atoms with E-state index in [1.807, 2.05) is 72.0 Å². The number of fused-ring (bicyclic) bond motifs is 24. The molecule has 7 heterocycles. The minimum Gasteiger partial charge on any atom is -0.208 e. The van der Waals surface area contributed by atoms with Gasteiger partial charge in [0.25, 0.3) is 0 Å². The molecule has 22 aromatic carbocycles. The molecule has 0 aliphatic heterocycles. The van der Waals surface area contributed by atoms with Gasteiger partial charge >= 0.3 is 254 Å². The van der Waals surface area contributed by atoms with Crippen LogP contribution in [-0.4, -0.2) is 63.9 Å². The molecule has 0 aliphatic rings. The molecule has 0 bridgehead atoms. The van der Waals surface area contributed by atoms with Crippen LogP contribution in [0.5, 0.6) is 0 Å². The van der Waals surface area contributed by atoms with Crippen molar-refractivity contribution in [1.29, 1.82) is 0 Å². The van der Waals surface area contributed by atoms with Crippen LogP contribution in [0.3, 0.4) is 0 Å². The first kappa shape index (κ1) is 83.6. The molecule has 0 saturated heterocycles. The Hall–Kier alpha value is -17.8. The Balaban J connectivity index is 0.000000108. The van der Waals surface area contributed by atoms with Crippen LogP contribution in [-0.2, 0) is 0 Å². The fourth-order valence-electron chi connectivity index (χ4n) is 20.6. The van der Waals surface area contributed by atoms with Gasteiger partial charge in [-0.2, -0.15) is 0 Å². The van der Waals surface area contributed by atoms with E-state index >= 15 is 0 Å². The van der Waals surface area contributed by atoms with Gasteiger partial charge in [-0.15, -0.1) is 22.7 Å². The first-order valence-electron chi connectivity index (χ1n) is 47.5. The number of hydrogen-bond acceptors (Lipinski definition) is 11. The molecule has 29 aromatic rings. The van der Waals surface area contributed by atoms with Crippen LogP contribution >= 0.6 is 22.7 Å². The third kappa shape index (κ3) is 14.8. The van der Waals surface area contributed by atoms with Gasteiger partial charge in [0, 0.05) is 73.7 Å². The zero-order valence-electron chi connectivity index (χ0n) is 76.2. The second-order valence-corrected chi connectivity index (χ2v) is 39.9. The third-order valence-corrected chi connectivity index (χ3v) is 32.4. The summed E-state index contributed by atoms with van der Waals surface area (Å²) in [6, 6.07) is 167. The van der Waals surface area contributed by atoms with Gasteiger partial charge in [-0.1, -0.05) is 303 Å². The number of thiophene rings is 2. The normalized spacial score (nSPS) is 11.7. The van der Waals surface area contributed by atoms with Crippen LogP contribution in [0, 0.1) is 0 Å². The van der Waals surface area contributed by atoms with E-state index in [9.17, 15) is 0 Å². The predicted octanol–water partition coefficient (Wildman–Crippen LogP) is 34.1. The quantitative estimate of drug-likeness (QED) is 0.0869. The van der Waals surface area contributed by atoms with Gasteiger partial charge in [0.1, 0.15) is 0 Å². The van der Waals surface area contributed by atoms with Crippen LogP contribution in [0.15, 0.2) is 473 Å². The van der Waals surface area contributed by atoms with Crippen molar-refractivity contribution in [3.8, 4) is 130 Å². The molecule has 0 unspecified atom stereocenters. The molecular formula is C129H78N10S2Se. The molecule has 0 amide bonds. The first-order chi connectivity index (χ1) is 70.4. The van der Waals surface area contributed by atoms with Crippen molar-refractivity contribution in [2.45, 2.75) is 0 Å². The summed E-state index contributed by atoms with van der Waals surface area (Å²) in [6.07, 6.45) is 0. The average molecular weight is 1910 g/mol. The summed E-state index contributed by atoms with van der Waals surface area (Å²) in [7, 11) is 0. The van der Waals surface area contributed by atoms with E-state index in [2.05, 4.69) is 417 Å². The summed E-state index contributed by atoms with van der Waals surface area (Å²) >= 11 is 3.78. The summed E-state index contributed by atoms with van der Waals surface area (Å²) in [5.41, 5.74) is 17.1. The average Bonchev–Trinajstić information content (AvgIpc) is 1.28. The van der Waals surface area contributed by atoms with Crippen molar-refractivity contribution in [3.63, 3.8) is 0 Å². The summed E-state index contributed by atoms with van der Waals surface area (Å²) in [5, 5.41) is 25.0. The van der Waals surface area contributed by atoms with Crippen LogP contribution in [0.1, 0.15) is 0 Å². The SMILES string of the molecule is c1ccc(-c2ccc(-c3nc(-c4ccccc4)nc(-c4cccc5c4sc4c(-c6ccc7c8ccccc8c8ccccc8c7c6)cccc45)n3)cc2)cc1.c1ccc(-c2ccc3c4ccccc4n(-c4nc(-c5ccccc5)nc(-c5cccc6c5[se]c5ccccc56)n4)c3c2)cc1.c1ccc(-c2nc(-c3ccc4c5ccccc5c5ccccc5c4c3)nc(-c3cccc4c3sc3ccccc34)n2)cc1. The van der Waals surface area contributed by atoms with Crippen LogP contribution in [0.25, 0.3) is 277 Å². The Bertz CT molecular complexity index is 10000. The Labute approximate surface area is 829 Å². The number of rotatable bonds is 12. The molecule has 0 atom stereocenters. The molecule has 0 spiro atoms. The Morgan fingerprint density at radius 3 is 0.993 bits per heavy atom. The summed E-state index contributed by atoms with van der Waals surface area (Å²) in [4.78, 5) is 46.1. The third-order valence-electron chi connectivity index (χ3n) is 27.3. The van der Waals surface area contributed by atoms with Crippen LogP contribution < -0.4 is 0 Å². The minimum absolute atomic E-state index is 0.166. The van der Waals surface area contributed by atoms with Crippen molar-refractivity contribution in [2.75, 3.05) is 0 Å². The van der Waals surface area contributed by atoms with E-state index < -0.39 is 0 Å². The molecule has 7 aromatic heterocycles. The van der Waals surface area contributed by atoms with Gasteiger partial charge in [0.05, 0.1) is 0 Å². The summed E-state index contributed by atoms with van der Waals surface area (Å²) in [5.74, 6) is 5.97. The number of nitrogens with zero attached hydrogens (tertiary/aromatic N) is 10. The molecule has 0 fully saturated rings. The standard InChI is InChI=1S/C51H31N3S.C39H24N4Se.C39H23N3S/c1-3-13-32(14-4-1)33-25-27-35(28-26-33)50-52-49(34-15-5-2-6-16-34)53-51(54-50)45-24-12-23-44-43-22-11-21-37(47(43)55-48(44)45)36-29-30-42-40-19-8-7-17-38(40)39-18-9-10-20-41(39)46(42)31-36;1-3-12-25(13-4-1)27-22-23-29-28-16-7-9-20-33(28)43(34(29)24-27)39-41-37(26-14-5-2-6-15-26)40-38(42-39)32-19-11-18-31-30-17-8-10-21-35(30)44-36(31)32;1-2-11-24(12-3-1)37-40-38(42-39(41-37)33-19-10-18-32-31-17-8-9-20-35(31)43-36(32)33)25-21-22-30-28-15-5-4-13-26(28)27-14-6-7-16-29(27)34(30)23-25/h1-31H;1-24H;1-23H. The number of benzene rings is 22. The van der Waals surface area contributed by atoms with Crippen molar-refractivity contribution in [2.24, 2.45) is 0 Å². The maximum absolute atomic E-state index is 5.27. The van der Waals surface area contributed by atoms with Gasteiger partial charge in [0.2, 0.25) is 0 Å². The van der Waals surface area contributed by atoms with Gasteiger partial charge in [-0.05, 0) is 117 Å². The molecule has 142 heavy (non-hydrogen) atoms. The Morgan fingerprint density at radius 2 is 0.465 bits per heavy atom. The topological polar surface area (TPSA) is 121 Å². The maximum atomic E-state index is 5.27. The molecule has 0 N–H and O–H groups in total. The predicted molar refractivity (Wildman–Crippen MR) is 596 cm³/mol. The summed E-state index contributed by atoms with van der Waals surface area (Å²) in [6.45, 7) is 0. The molecule has 0 aliphatic carbocycles. The molecular weight excluding hydrogens is 1830 g/mol. The van der Waals surface area contributed by atoms with Gasteiger partial charge in [-0.3, -0.25) is 0 Å². The van der Waals surface area contributed by atoms with Crippen molar-refractivity contribution in [1.82, 2.24) is 49.4 Å². The van der Waals surface area contributed by atoms with E-state index in [0.717, 1.165) is 71.4 Å². The second kappa shape index (κ2) is 35.3. The molecule has 0 saturated carbocycles. The Kier molecular flexibility index (Phi) is 20.8. The number of aromatic nitrogens is 10. The number of para-hydroxylation sites is 1. The van der Waals surface area contributed by atoms with Crippen LogP contribution in [0.4, 0.5) is 0 Å².